The van der Waals surface area contributed by atoms with Crippen LogP contribution in [-0.2, 0) is 9.59 Å². The van der Waals surface area contributed by atoms with E-state index in [9.17, 15) is 18.8 Å². The molecule has 0 spiro atoms. The van der Waals surface area contributed by atoms with Crippen molar-refractivity contribution in [2.75, 3.05) is 40.3 Å². The zero-order valence-corrected chi connectivity index (χ0v) is 20.4. The number of rotatable bonds is 5. The van der Waals surface area contributed by atoms with Gasteiger partial charge in [0.05, 0.1) is 5.56 Å². The number of likely N-dealkylation sites (N-methyl/N-ethyl adjacent to an activating group) is 1. The molecule has 0 aromatic heterocycles. The van der Waals surface area contributed by atoms with Crippen LogP contribution in [0.25, 0.3) is 0 Å². The number of ether oxygens (including phenoxy) is 1. The molecule has 4 fully saturated rings. The number of hydrazine groups is 1. The van der Waals surface area contributed by atoms with Gasteiger partial charge in [-0.25, -0.2) is 4.39 Å². The maximum atomic E-state index is 14.7. The molecule has 0 radical (unpaired) electrons. The third-order valence-electron chi connectivity index (χ3n) is 8.15. The van der Waals surface area contributed by atoms with Gasteiger partial charge in [-0.1, -0.05) is 12.8 Å². The first-order valence-corrected chi connectivity index (χ1v) is 12.6. The second-order valence-corrected chi connectivity index (χ2v) is 10.4. The monoisotopic (exact) mass is 487 g/mol. The summed E-state index contributed by atoms with van der Waals surface area (Å²) in [6.07, 6.45) is 5.04. The van der Waals surface area contributed by atoms with Gasteiger partial charge in [0.2, 0.25) is 11.8 Å². The summed E-state index contributed by atoms with van der Waals surface area (Å²) in [4.78, 5) is 43.7. The molecule has 2 aliphatic heterocycles. The van der Waals surface area contributed by atoms with E-state index in [0.29, 0.717) is 31.9 Å². The van der Waals surface area contributed by atoms with Crippen LogP contribution in [0.5, 0.6) is 5.75 Å². The number of carbonyl (C=O) groups is 3. The lowest BCUT2D eigenvalue weighted by Crippen LogP contribution is -2.61. The van der Waals surface area contributed by atoms with Crippen LogP contribution in [0.15, 0.2) is 18.2 Å². The first-order valence-electron chi connectivity index (χ1n) is 12.6. The predicted octanol–water partition coefficient (Wildman–Crippen LogP) is 1.35. The Morgan fingerprint density at radius 1 is 1.09 bits per heavy atom. The van der Waals surface area contributed by atoms with Crippen molar-refractivity contribution in [1.82, 2.24) is 25.6 Å². The summed E-state index contributed by atoms with van der Waals surface area (Å²) in [7, 11) is 3.85. The van der Waals surface area contributed by atoms with E-state index in [-0.39, 0.29) is 29.2 Å². The lowest BCUT2D eigenvalue weighted by atomic mass is 9.77. The summed E-state index contributed by atoms with van der Waals surface area (Å²) in [5.41, 5.74) is 5.18. The fourth-order valence-corrected chi connectivity index (χ4v) is 5.74. The molecular weight excluding hydrogens is 453 g/mol. The van der Waals surface area contributed by atoms with Crippen molar-refractivity contribution in [2.45, 2.75) is 50.3 Å². The van der Waals surface area contributed by atoms with Gasteiger partial charge in [-0.15, -0.1) is 0 Å². The number of hydrogen-bond donors (Lipinski definition) is 2. The lowest BCUT2D eigenvalue weighted by Gasteiger charge is -2.40. The number of nitrogens with zero attached hydrogens (tertiary/aromatic N) is 3. The number of halogens is 1. The van der Waals surface area contributed by atoms with Gasteiger partial charge in [-0.3, -0.25) is 24.7 Å². The van der Waals surface area contributed by atoms with E-state index >= 15 is 0 Å². The van der Waals surface area contributed by atoms with Gasteiger partial charge in [0.25, 0.3) is 5.91 Å². The van der Waals surface area contributed by atoms with Gasteiger partial charge in [0.1, 0.15) is 17.1 Å². The van der Waals surface area contributed by atoms with Crippen LogP contribution in [0.4, 0.5) is 4.39 Å². The molecule has 2 aliphatic carbocycles. The Morgan fingerprint density at radius 2 is 1.77 bits per heavy atom. The van der Waals surface area contributed by atoms with Gasteiger partial charge in [-0.05, 0) is 58.0 Å². The summed E-state index contributed by atoms with van der Waals surface area (Å²) < 4.78 is 20.8. The Morgan fingerprint density at radius 3 is 2.46 bits per heavy atom. The van der Waals surface area contributed by atoms with Gasteiger partial charge in [0, 0.05) is 38.0 Å². The van der Waals surface area contributed by atoms with E-state index in [4.69, 9.17) is 4.74 Å². The standard InChI is InChI=1S/C25H34FN5O4/c1-29(2)25(9-10-25)24(34)31-13-11-30(12-14-31)23(33)19-15-16(7-8-20(19)26)35-22-18-6-4-3-5-17(18)21(32)27-28-22/h7-8,15,17-18,22,28H,3-6,9-14H2,1-2H3,(H,27,32). The lowest BCUT2D eigenvalue weighted by molar-refractivity contribution is -0.139. The fraction of sp³-hybridized carbons (Fsp3) is 0.640. The minimum Gasteiger partial charge on any atom is -0.473 e. The summed E-state index contributed by atoms with van der Waals surface area (Å²) in [5.74, 6) is -0.602. The predicted molar refractivity (Wildman–Crippen MR) is 126 cm³/mol. The Labute approximate surface area is 204 Å². The van der Waals surface area contributed by atoms with Crippen LogP contribution < -0.4 is 15.6 Å². The SMILES string of the molecule is CN(C)C1(C(=O)N2CCN(C(=O)c3cc(OC4NNC(=O)C5CCCCC45)ccc3F)CC2)CC1. The van der Waals surface area contributed by atoms with E-state index in [1.165, 1.54) is 18.2 Å². The van der Waals surface area contributed by atoms with Crippen LogP contribution in [0.1, 0.15) is 48.9 Å². The normalized spacial score (nSPS) is 27.8. The van der Waals surface area contributed by atoms with Crippen molar-refractivity contribution in [3.63, 3.8) is 0 Å². The molecule has 3 unspecified atom stereocenters. The quantitative estimate of drug-likeness (QED) is 0.651. The van der Waals surface area contributed by atoms with Crippen molar-refractivity contribution in [1.29, 1.82) is 0 Å². The number of hydrogen-bond acceptors (Lipinski definition) is 6. The van der Waals surface area contributed by atoms with E-state index in [1.54, 1.807) is 4.90 Å². The number of amides is 3. The number of carbonyl (C=O) groups excluding carboxylic acids is 3. The Balaban J connectivity index is 1.23. The molecule has 5 rings (SSSR count). The number of fused-ring (bicyclic) bond motifs is 1. The molecule has 0 bridgehead atoms. The van der Waals surface area contributed by atoms with Crippen molar-refractivity contribution in [3.05, 3.63) is 29.6 Å². The highest BCUT2D eigenvalue weighted by molar-refractivity contribution is 5.95. The minimum absolute atomic E-state index is 0.0136. The molecule has 1 aromatic carbocycles. The molecular formula is C25H34FN5O4. The largest absolute Gasteiger partial charge is 0.473 e. The first-order chi connectivity index (χ1) is 16.8. The van der Waals surface area contributed by atoms with Crippen molar-refractivity contribution in [3.8, 4) is 5.75 Å². The minimum atomic E-state index is -0.606. The van der Waals surface area contributed by atoms with Crippen LogP contribution in [-0.4, -0.2) is 84.5 Å². The second kappa shape index (κ2) is 9.39. The molecule has 2 saturated carbocycles. The maximum absolute atomic E-state index is 14.7. The molecule has 190 valence electrons. The van der Waals surface area contributed by atoms with Crippen molar-refractivity contribution >= 4 is 17.7 Å². The average Bonchev–Trinajstić information content (AvgIpc) is 3.69. The summed E-state index contributed by atoms with van der Waals surface area (Å²) in [5, 5.41) is 0. The van der Waals surface area contributed by atoms with E-state index in [0.717, 1.165) is 38.5 Å². The number of nitrogens with one attached hydrogen (secondary N) is 2. The molecule has 2 heterocycles. The van der Waals surface area contributed by atoms with Crippen molar-refractivity contribution < 1.29 is 23.5 Å². The zero-order valence-electron chi connectivity index (χ0n) is 20.4. The van der Waals surface area contributed by atoms with Crippen LogP contribution >= 0.6 is 0 Å². The molecule has 35 heavy (non-hydrogen) atoms. The number of benzene rings is 1. The Bertz CT molecular complexity index is 1010. The first kappa shape index (κ1) is 24.0. The topological polar surface area (TPSA) is 94.2 Å². The highest BCUT2D eigenvalue weighted by Gasteiger charge is 2.54. The highest BCUT2D eigenvalue weighted by Crippen LogP contribution is 2.42. The highest BCUT2D eigenvalue weighted by atomic mass is 19.1. The third kappa shape index (κ3) is 4.49. The molecule has 10 heteroatoms. The Hall–Kier alpha value is -2.72. The maximum Gasteiger partial charge on any atom is 0.257 e. The van der Waals surface area contributed by atoms with Crippen molar-refractivity contribution in [2.24, 2.45) is 11.8 Å². The van der Waals surface area contributed by atoms with Gasteiger partial charge in [0.15, 0.2) is 6.23 Å². The van der Waals surface area contributed by atoms with E-state index in [1.807, 2.05) is 23.9 Å². The summed E-state index contributed by atoms with van der Waals surface area (Å²) in [6, 6.07) is 4.20. The summed E-state index contributed by atoms with van der Waals surface area (Å²) in [6.45, 7) is 1.59. The number of piperazine rings is 1. The smallest absolute Gasteiger partial charge is 0.257 e. The zero-order chi connectivity index (χ0) is 24.7. The summed E-state index contributed by atoms with van der Waals surface area (Å²) >= 11 is 0. The molecule has 1 aromatic rings. The van der Waals surface area contributed by atoms with Crippen LogP contribution in [0.3, 0.4) is 0 Å². The van der Waals surface area contributed by atoms with Crippen LogP contribution in [0, 0.1) is 17.7 Å². The average molecular weight is 488 g/mol. The second-order valence-electron chi connectivity index (χ2n) is 10.4. The Kier molecular flexibility index (Phi) is 6.43. The molecule has 4 aliphatic rings. The molecule has 9 nitrogen and oxygen atoms in total. The molecule has 3 atom stereocenters. The van der Waals surface area contributed by atoms with E-state index in [2.05, 4.69) is 10.9 Å². The molecule has 2 saturated heterocycles. The van der Waals surface area contributed by atoms with Crippen LogP contribution in [0.2, 0.25) is 0 Å². The molecule has 3 amide bonds. The van der Waals surface area contributed by atoms with Gasteiger partial charge in [-0.2, -0.15) is 5.43 Å². The fourth-order valence-electron chi connectivity index (χ4n) is 5.74. The van der Waals surface area contributed by atoms with Gasteiger partial charge < -0.3 is 14.5 Å². The molecule has 2 N–H and O–H groups in total. The van der Waals surface area contributed by atoms with E-state index < -0.39 is 23.5 Å². The third-order valence-corrected chi connectivity index (χ3v) is 8.15. The van der Waals surface area contributed by atoms with Gasteiger partial charge >= 0.3 is 0 Å².